The van der Waals surface area contributed by atoms with Gasteiger partial charge in [-0.25, -0.2) is 9.59 Å². The molecule has 1 aromatic heterocycles. The van der Waals surface area contributed by atoms with Gasteiger partial charge in [0.25, 0.3) is 0 Å². The van der Waals surface area contributed by atoms with Crippen LogP contribution in [0.15, 0.2) is 16.9 Å². The smallest absolute Gasteiger partial charge is 0.407 e. The highest BCUT2D eigenvalue weighted by Crippen LogP contribution is 2.11. The fourth-order valence-electron chi connectivity index (χ4n) is 1.13. The lowest BCUT2D eigenvalue weighted by molar-refractivity contribution is 0.0521. The van der Waals surface area contributed by atoms with Gasteiger partial charge in [-0.15, -0.1) is 0 Å². The summed E-state index contributed by atoms with van der Waals surface area (Å²) in [6.07, 6.45) is 1.80. The Morgan fingerprint density at radius 3 is 2.59 bits per heavy atom. The second-order valence-corrected chi connectivity index (χ2v) is 4.47. The van der Waals surface area contributed by atoms with Gasteiger partial charge in [-0.05, 0) is 20.8 Å². The van der Waals surface area contributed by atoms with Crippen LogP contribution in [0, 0.1) is 0 Å². The molecule has 0 spiro atoms. The summed E-state index contributed by atoms with van der Waals surface area (Å²) in [5, 5.41) is 11.3. The first-order valence-corrected chi connectivity index (χ1v) is 5.05. The molecule has 0 bridgehead atoms. The van der Waals surface area contributed by atoms with Gasteiger partial charge in [-0.3, -0.25) is 0 Å². The molecule has 0 radical (unpaired) electrons. The third-order valence-corrected chi connectivity index (χ3v) is 1.79. The molecule has 0 aliphatic rings. The molecular formula is C11H15NO5. The van der Waals surface area contributed by atoms with E-state index in [2.05, 4.69) is 5.32 Å². The Labute approximate surface area is 98.6 Å². The summed E-state index contributed by atoms with van der Waals surface area (Å²) in [7, 11) is 0. The van der Waals surface area contributed by atoms with Crippen LogP contribution in [0.3, 0.4) is 0 Å². The van der Waals surface area contributed by atoms with Gasteiger partial charge in [-0.2, -0.15) is 0 Å². The van der Waals surface area contributed by atoms with E-state index in [1.54, 1.807) is 20.8 Å². The van der Waals surface area contributed by atoms with Crippen molar-refractivity contribution in [3.8, 4) is 0 Å². The minimum absolute atomic E-state index is 0.0288. The molecule has 2 N–H and O–H groups in total. The number of carbonyl (C=O) groups excluding carboxylic acids is 1. The van der Waals surface area contributed by atoms with Gasteiger partial charge in [0, 0.05) is 5.56 Å². The molecule has 0 aliphatic heterocycles. The number of nitrogens with one attached hydrogen (secondary N) is 1. The molecule has 0 atom stereocenters. The first kappa shape index (κ1) is 13.1. The minimum atomic E-state index is -1.10. The molecule has 0 saturated heterocycles. The molecule has 0 fully saturated rings. The van der Waals surface area contributed by atoms with Crippen molar-refractivity contribution in [1.29, 1.82) is 0 Å². The maximum Gasteiger partial charge on any atom is 0.407 e. The fourth-order valence-corrected chi connectivity index (χ4v) is 1.13. The van der Waals surface area contributed by atoms with E-state index in [1.165, 1.54) is 6.26 Å². The van der Waals surface area contributed by atoms with Gasteiger partial charge in [0.1, 0.15) is 17.4 Å². The lowest BCUT2D eigenvalue weighted by atomic mass is 10.2. The number of aromatic carboxylic acids is 1. The molecule has 1 rings (SSSR count). The van der Waals surface area contributed by atoms with E-state index in [0.29, 0.717) is 5.56 Å². The number of amides is 1. The highest BCUT2D eigenvalue weighted by Gasteiger charge is 2.17. The van der Waals surface area contributed by atoms with Crippen molar-refractivity contribution in [2.45, 2.75) is 32.9 Å². The predicted molar refractivity (Wildman–Crippen MR) is 58.7 cm³/mol. The summed E-state index contributed by atoms with van der Waals surface area (Å²) in [4.78, 5) is 22.1. The van der Waals surface area contributed by atoms with Crippen LogP contribution in [0.1, 0.15) is 36.7 Å². The molecule has 1 amide bonds. The molecule has 0 aliphatic carbocycles. The maximum atomic E-state index is 11.3. The van der Waals surface area contributed by atoms with Gasteiger partial charge in [0.05, 0.1) is 12.8 Å². The van der Waals surface area contributed by atoms with Crippen molar-refractivity contribution >= 4 is 12.1 Å². The number of alkyl carbamates (subject to hydrolysis) is 1. The number of carboxylic acids is 1. The lowest BCUT2D eigenvalue weighted by Gasteiger charge is -2.19. The summed E-state index contributed by atoms with van der Waals surface area (Å²) in [6.45, 7) is 5.28. The zero-order valence-electron chi connectivity index (χ0n) is 9.94. The number of ether oxygens (including phenoxy) is 1. The largest absolute Gasteiger partial charge is 0.478 e. The van der Waals surface area contributed by atoms with E-state index in [9.17, 15) is 9.59 Å². The zero-order valence-corrected chi connectivity index (χ0v) is 9.94. The molecule has 6 nitrogen and oxygen atoms in total. The van der Waals surface area contributed by atoms with Gasteiger partial charge in [0.2, 0.25) is 0 Å². The highest BCUT2D eigenvalue weighted by atomic mass is 16.6. The number of hydrogen-bond acceptors (Lipinski definition) is 4. The number of rotatable bonds is 3. The molecule has 1 aromatic rings. The Bertz CT molecular complexity index is 416. The molecule has 6 heteroatoms. The highest BCUT2D eigenvalue weighted by molar-refractivity contribution is 5.89. The van der Waals surface area contributed by atoms with Crippen LogP contribution in [-0.4, -0.2) is 22.8 Å². The van der Waals surface area contributed by atoms with E-state index in [1.807, 2.05) is 0 Å². The van der Waals surface area contributed by atoms with Crippen LogP contribution in [0.2, 0.25) is 0 Å². The summed E-state index contributed by atoms with van der Waals surface area (Å²) < 4.78 is 9.78. The third-order valence-electron chi connectivity index (χ3n) is 1.79. The Kier molecular flexibility index (Phi) is 3.77. The average molecular weight is 241 g/mol. The Hall–Kier alpha value is -1.98. The van der Waals surface area contributed by atoms with Gasteiger partial charge in [-0.1, -0.05) is 0 Å². The van der Waals surface area contributed by atoms with Crippen LogP contribution in [-0.2, 0) is 11.3 Å². The van der Waals surface area contributed by atoms with Crippen molar-refractivity contribution in [2.75, 3.05) is 0 Å². The summed E-state index contributed by atoms with van der Waals surface area (Å²) in [5.41, 5.74) is -0.166. The van der Waals surface area contributed by atoms with Crippen LogP contribution in [0.5, 0.6) is 0 Å². The Balaban J connectivity index is 2.53. The molecule has 1 heterocycles. The zero-order chi connectivity index (χ0) is 13.1. The van der Waals surface area contributed by atoms with Gasteiger partial charge >= 0.3 is 12.1 Å². The van der Waals surface area contributed by atoms with Crippen LogP contribution >= 0.6 is 0 Å². The first-order chi connectivity index (χ1) is 7.79. The van der Waals surface area contributed by atoms with Crippen LogP contribution < -0.4 is 5.32 Å². The maximum absolute atomic E-state index is 11.3. The van der Waals surface area contributed by atoms with Crippen LogP contribution in [0.25, 0.3) is 0 Å². The van der Waals surface area contributed by atoms with E-state index < -0.39 is 17.7 Å². The van der Waals surface area contributed by atoms with Crippen molar-refractivity contribution < 1.29 is 23.8 Å². The number of furan rings is 1. The lowest BCUT2D eigenvalue weighted by Crippen LogP contribution is -2.32. The SMILES string of the molecule is CC(C)(C)OC(=O)NCc1cocc1C(=O)O. The number of hydrogen-bond donors (Lipinski definition) is 2. The quantitative estimate of drug-likeness (QED) is 0.844. The average Bonchev–Trinajstić information content (AvgIpc) is 2.59. The van der Waals surface area contributed by atoms with E-state index in [-0.39, 0.29) is 12.1 Å². The molecule has 0 saturated carbocycles. The Morgan fingerprint density at radius 2 is 2.06 bits per heavy atom. The van der Waals surface area contributed by atoms with Gasteiger partial charge < -0.3 is 19.6 Å². The van der Waals surface area contributed by atoms with E-state index in [0.717, 1.165) is 6.26 Å². The van der Waals surface area contributed by atoms with Gasteiger partial charge in [0.15, 0.2) is 0 Å². The number of carbonyl (C=O) groups is 2. The predicted octanol–water partition coefficient (Wildman–Crippen LogP) is 2.00. The van der Waals surface area contributed by atoms with Crippen LogP contribution in [0.4, 0.5) is 4.79 Å². The topological polar surface area (TPSA) is 88.8 Å². The van der Waals surface area contributed by atoms with Crippen molar-refractivity contribution in [1.82, 2.24) is 5.32 Å². The normalized spacial score (nSPS) is 11.0. The first-order valence-electron chi connectivity index (χ1n) is 5.05. The van der Waals surface area contributed by atoms with Crippen molar-refractivity contribution in [3.05, 3.63) is 23.7 Å². The molecule has 17 heavy (non-hydrogen) atoms. The van der Waals surface area contributed by atoms with E-state index in [4.69, 9.17) is 14.3 Å². The monoisotopic (exact) mass is 241 g/mol. The minimum Gasteiger partial charge on any atom is -0.478 e. The standard InChI is InChI=1S/C11H15NO5/c1-11(2,3)17-10(15)12-4-7-5-16-6-8(7)9(13)14/h5-6H,4H2,1-3H3,(H,12,15)(H,13,14). The second kappa shape index (κ2) is 4.90. The summed E-state index contributed by atoms with van der Waals surface area (Å²) >= 11 is 0. The molecule has 0 unspecified atom stereocenters. The molecule has 94 valence electrons. The van der Waals surface area contributed by atoms with Crippen molar-refractivity contribution in [3.63, 3.8) is 0 Å². The Morgan fingerprint density at radius 1 is 1.41 bits per heavy atom. The number of carboxylic acid groups (broad SMARTS) is 1. The van der Waals surface area contributed by atoms with Crippen molar-refractivity contribution in [2.24, 2.45) is 0 Å². The van der Waals surface area contributed by atoms with E-state index >= 15 is 0 Å². The summed E-state index contributed by atoms with van der Waals surface area (Å²) in [5.74, 6) is -1.10. The summed E-state index contributed by atoms with van der Waals surface area (Å²) in [6, 6.07) is 0. The molecule has 0 aromatic carbocycles. The fraction of sp³-hybridized carbons (Fsp3) is 0.455. The molecular weight excluding hydrogens is 226 g/mol. The third kappa shape index (κ3) is 4.18. The second-order valence-electron chi connectivity index (χ2n) is 4.47.